The van der Waals surface area contributed by atoms with Crippen LogP contribution in [0.25, 0.3) is 0 Å². The second-order valence-electron chi connectivity index (χ2n) is 7.49. The number of hydrogen-bond acceptors (Lipinski definition) is 4. The van der Waals surface area contributed by atoms with Crippen LogP contribution in [0, 0.1) is 0 Å². The van der Waals surface area contributed by atoms with Crippen molar-refractivity contribution in [2.45, 2.75) is 64.0 Å². The second kappa shape index (κ2) is 9.11. The van der Waals surface area contributed by atoms with Gasteiger partial charge in [-0.05, 0) is 31.0 Å². The molecule has 1 saturated carbocycles. The van der Waals surface area contributed by atoms with Crippen LogP contribution in [0.4, 0.5) is 0 Å². The fraction of sp³-hybridized carbons (Fsp3) is 0.619. The third-order valence-electron chi connectivity index (χ3n) is 5.55. The molecule has 2 amide bonds. The summed E-state index contributed by atoms with van der Waals surface area (Å²) in [7, 11) is 1.59. The fourth-order valence-corrected chi connectivity index (χ4v) is 3.89. The van der Waals surface area contributed by atoms with E-state index in [1.54, 1.807) is 20.1 Å². The van der Waals surface area contributed by atoms with Gasteiger partial charge in [-0.1, -0.05) is 19.3 Å². The monoisotopic (exact) mass is 374 g/mol. The van der Waals surface area contributed by atoms with Crippen LogP contribution in [0.3, 0.4) is 0 Å². The molecule has 0 radical (unpaired) electrons. The van der Waals surface area contributed by atoms with E-state index in [0.717, 1.165) is 25.7 Å². The minimum Gasteiger partial charge on any atom is -0.497 e. The standard InChI is InChI=1S/C21H30N2O4/c1-15(24)23-12-10-17(11-13-23)27-20-9-8-18(26-2)14-19(20)21(25)22-16-6-4-3-5-7-16/h8-9,14,16-17H,3-7,10-13H2,1-2H3,(H,22,25). The normalized spacial score (nSPS) is 18.8. The molecule has 1 aliphatic carbocycles. The molecule has 2 fully saturated rings. The van der Waals surface area contributed by atoms with Gasteiger partial charge in [0.1, 0.15) is 17.6 Å². The highest BCUT2D eigenvalue weighted by Gasteiger charge is 2.25. The SMILES string of the molecule is COc1ccc(OC2CCN(C(C)=O)CC2)c(C(=O)NC2CCCCC2)c1. The van der Waals surface area contributed by atoms with E-state index in [2.05, 4.69) is 5.32 Å². The van der Waals surface area contributed by atoms with E-state index < -0.39 is 0 Å². The van der Waals surface area contributed by atoms with Gasteiger partial charge in [0.05, 0.1) is 12.7 Å². The Morgan fingerprint density at radius 2 is 1.78 bits per heavy atom. The van der Waals surface area contributed by atoms with Crippen molar-refractivity contribution in [2.75, 3.05) is 20.2 Å². The maximum atomic E-state index is 12.9. The smallest absolute Gasteiger partial charge is 0.255 e. The highest BCUT2D eigenvalue weighted by Crippen LogP contribution is 2.28. The van der Waals surface area contributed by atoms with E-state index >= 15 is 0 Å². The van der Waals surface area contributed by atoms with Gasteiger partial charge in [0.15, 0.2) is 0 Å². The van der Waals surface area contributed by atoms with Gasteiger partial charge in [-0.25, -0.2) is 0 Å². The molecule has 1 aromatic rings. The lowest BCUT2D eigenvalue weighted by atomic mass is 9.95. The van der Waals surface area contributed by atoms with Crippen molar-refractivity contribution in [3.05, 3.63) is 23.8 Å². The summed E-state index contributed by atoms with van der Waals surface area (Å²) < 4.78 is 11.5. The molecule has 1 aromatic carbocycles. The van der Waals surface area contributed by atoms with Crippen LogP contribution in [-0.4, -0.2) is 49.1 Å². The Morgan fingerprint density at radius 3 is 2.41 bits per heavy atom. The summed E-state index contributed by atoms with van der Waals surface area (Å²) in [5, 5.41) is 3.16. The Labute approximate surface area is 161 Å². The van der Waals surface area contributed by atoms with Gasteiger partial charge >= 0.3 is 0 Å². The lowest BCUT2D eigenvalue weighted by Crippen LogP contribution is -2.41. The second-order valence-corrected chi connectivity index (χ2v) is 7.49. The van der Waals surface area contributed by atoms with Gasteiger partial charge in [0, 0.05) is 38.9 Å². The van der Waals surface area contributed by atoms with Gasteiger partial charge in [0.25, 0.3) is 5.91 Å². The largest absolute Gasteiger partial charge is 0.497 e. The zero-order valence-electron chi connectivity index (χ0n) is 16.3. The van der Waals surface area contributed by atoms with Crippen LogP contribution < -0.4 is 14.8 Å². The van der Waals surface area contributed by atoms with Crippen LogP contribution in [0.15, 0.2) is 18.2 Å². The maximum Gasteiger partial charge on any atom is 0.255 e. The molecule has 2 aliphatic rings. The number of amides is 2. The average molecular weight is 374 g/mol. The predicted octanol–water partition coefficient (Wildman–Crippen LogP) is 3.15. The van der Waals surface area contributed by atoms with Crippen molar-refractivity contribution in [3.63, 3.8) is 0 Å². The van der Waals surface area contributed by atoms with Crippen molar-refractivity contribution < 1.29 is 19.1 Å². The molecule has 1 heterocycles. The summed E-state index contributed by atoms with van der Waals surface area (Å²) in [6, 6.07) is 5.62. The van der Waals surface area contributed by atoms with E-state index in [4.69, 9.17) is 9.47 Å². The number of rotatable bonds is 5. The Balaban J connectivity index is 1.69. The molecule has 148 valence electrons. The van der Waals surface area contributed by atoms with E-state index in [1.165, 1.54) is 19.3 Å². The average Bonchev–Trinajstić information content (AvgIpc) is 2.69. The van der Waals surface area contributed by atoms with E-state index in [-0.39, 0.29) is 24.0 Å². The number of nitrogens with one attached hydrogen (secondary N) is 1. The van der Waals surface area contributed by atoms with Crippen LogP contribution in [0.1, 0.15) is 62.2 Å². The Bertz CT molecular complexity index is 662. The third kappa shape index (κ3) is 5.15. The summed E-state index contributed by atoms with van der Waals surface area (Å²) in [4.78, 5) is 26.2. The highest BCUT2D eigenvalue weighted by atomic mass is 16.5. The van der Waals surface area contributed by atoms with Gasteiger partial charge in [-0.15, -0.1) is 0 Å². The van der Waals surface area contributed by atoms with Crippen molar-refractivity contribution in [2.24, 2.45) is 0 Å². The molecule has 3 rings (SSSR count). The molecule has 0 unspecified atom stereocenters. The molecule has 0 spiro atoms. The van der Waals surface area contributed by atoms with E-state index in [9.17, 15) is 9.59 Å². The van der Waals surface area contributed by atoms with E-state index in [0.29, 0.717) is 30.2 Å². The number of benzene rings is 1. The first-order valence-electron chi connectivity index (χ1n) is 9.98. The van der Waals surface area contributed by atoms with Gasteiger partial charge < -0.3 is 19.7 Å². The summed E-state index contributed by atoms with van der Waals surface area (Å²) in [5.41, 5.74) is 0.522. The first kappa shape index (κ1) is 19.5. The summed E-state index contributed by atoms with van der Waals surface area (Å²) in [6.45, 7) is 2.98. The van der Waals surface area contributed by atoms with Crippen molar-refractivity contribution in [3.8, 4) is 11.5 Å². The number of likely N-dealkylation sites (tertiary alicyclic amines) is 1. The van der Waals surface area contributed by atoms with Gasteiger partial charge in [-0.3, -0.25) is 9.59 Å². The summed E-state index contributed by atoms with van der Waals surface area (Å²) in [5.74, 6) is 1.23. The Hall–Kier alpha value is -2.24. The zero-order valence-corrected chi connectivity index (χ0v) is 16.3. The van der Waals surface area contributed by atoms with Gasteiger partial charge in [-0.2, -0.15) is 0 Å². The number of methoxy groups -OCH3 is 1. The maximum absolute atomic E-state index is 12.9. The molecule has 0 bridgehead atoms. The summed E-state index contributed by atoms with van der Waals surface area (Å²) in [6.07, 6.45) is 7.21. The molecular formula is C21H30N2O4. The van der Waals surface area contributed by atoms with Crippen molar-refractivity contribution in [1.82, 2.24) is 10.2 Å². The first-order valence-corrected chi connectivity index (χ1v) is 9.98. The minimum atomic E-state index is -0.100. The quantitative estimate of drug-likeness (QED) is 0.860. The number of carbonyl (C=O) groups excluding carboxylic acids is 2. The Morgan fingerprint density at radius 1 is 1.07 bits per heavy atom. The highest BCUT2D eigenvalue weighted by molar-refractivity contribution is 5.97. The molecule has 1 aliphatic heterocycles. The predicted molar refractivity (Wildman–Crippen MR) is 103 cm³/mol. The molecule has 6 heteroatoms. The molecular weight excluding hydrogens is 344 g/mol. The van der Waals surface area contributed by atoms with E-state index in [1.807, 2.05) is 17.0 Å². The molecule has 0 aromatic heterocycles. The summed E-state index contributed by atoms with van der Waals surface area (Å²) >= 11 is 0. The van der Waals surface area contributed by atoms with Crippen LogP contribution >= 0.6 is 0 Å². The van der Waals surface area contributed by atoms with Crippen molar-refractivity contribution in [1.29, 1.82) is 0 Å². The zero-order chi connectivity index (χ0) is 19.2. The number of nitrogens with zero attached hydrogens (tertiary/aromatic N) is 1. The van der Waals surface area contributed by atoms with Crippen LogP contribution in [0.5, 0.6) is 11.5 Å². The number of piperidine rings is 1. The minimum absolute atomic E-state index is 0.00947. The number of carbonyl (C=O) groups is 2. The molecule has 1 saturated heterocycles. The fourth-order valence-electron chi connectivity index (χ4n) is 3.89. The third-order valence-corrected chi connectivity index (χ3v) is 5.55. The number of ether oxygens (including phenoxy) is 2. The Kier molecular flexibility index (Phi) is 6.58. The number of hydrogen-bond donors (Lipinski definition) is 1. The molecule has 27 heavy (non-hydrogen) atoms. The topological polar surface area (TPSA) is 67.9 Å². The first-order chi connectivity index (χ1) is 13.1. The molecule has 6 nitrogen and oxygen atoms in total. The molecule has 0 atom stereocenters. The lowest BCUT2D eigenvalue weighted by molar-refractivity contribution is -0.130. The molecule has 1 N–H and O–H groups in total. The van der Waals surface area contributed by atoms with Crippen LogP contribution in [-0.2, 0) is 4.79 Å². The van der Waals surface area contributed by atoms with Crippen LogP contribution in [0.2, 0.25) is 0 Å². The lowest BCUT2D eigenvalue weighted by Gasteiger charge is -2.32. The van der Waals surface area contributed by atoms with Gasteiger partial charge in [0.2, 0.25) is 5.91 Å². The van der Waals surface area contributed by atoms with Crippen molar-refractivity contribution >= 4 is 11.8 Å².